The standard InChI is InChI=1S/C12H13ClN2O/c1-8-5-6-15(14-8)12-7-10(13)3-4-11(12)9(2)16/h3-7,9,16H,1-2H3/t9-/m0/s1. The number of aromatic nitrogens is 2. The fourth-order valence-electron chi connectivity index (χ4n) is 1.62. The molecule has 0 unspecified atom stereocenters. The maximum Gasteiger partial charge on any atom is 0.0782 e. The van der Waals surface area contributed by atoms with Crippen LogP contribution in [0.5, 0.6) is 0 Å². The van der Waals surface area contributed by atoms with Crippen LogP contribution in [-0.2, 0) is 0 Å². The van der Waals surface area contributed by atoms with Crippen LogP contribution in [0.15, 0.2) is 30.5 Å². The maximum absolute atomic E-state index is 9.68. The van der Waals surface area contributed by atoms with Crippen molar-refractivity contribution in [3.05, 3.63) is 46.7 Å². The zero-order valence-electron chi connectivity index (χ0n) is 9.18. The third-order valence-electron chi connectivity index (χ3n) is 2.41. The molecule has 4 heteroatoms. The zero-order chi connectivity index (χ0) is 11.7. The molecule has 1 aromatic heterocycles. The minimum atomic E-state index is -0.545. The summed E-state index contributed by atoms with van der Waals surface area (Å²) in [4.78, 5) is 0. The van der Waals surface area contributed by atoms with E-state index in [1.807, 2.05) is 25.3 Å². The van der Waals surface area contributed by atoms with Gasteiger partial charge in [0, 0.05) is 16.8 Å². The molecule has 0 fully saturated rings. The lowest BCUT2D eigenvalue weighted by molar-refractivity contribution is 0.199. The molecule has 1 heterocycles. The van der Waals surface area contributed by atoms with Gasteiger partial charge in [-0.05, 0) is 32.0 Å². The van der Waals surface area contributed by atoms with Crippen LogP contribution in [0.25, 0.3) is 5.69 Å². The van der Waals surface area contributed by atoms with Gasteiger partial charge in [-0.15, -0.1) is 0 Å². The molecule has 0 saturated carbocycles. The Morgan fingerprint density at radius 3 is 2.69 bits per heavy atom. The Morgan fingerprint density at radius 2 is 2.12 bits per heavy atom. The minimum Gasteiger partial charge on any atom is -0.389 e. The molecule has 0 radical (unpaired) electrons. The molecule has 0 bridgehead atoms. The lowest BCUT2D eigenvalue weighted by Gasteiger charge is -2.12. The fourth-order valence-corrected chi connectivity index (χ4v) is 1.78. The predicted molar refractivity (Wildman–Crippen MR) is 63.9 cm³/mol. The van der Waals surface area contributed by atoms with Crippen molar-refractivity contribution in [2.24, 2.45) is 0 Å². The molecule has 3 nitrogen and oxygen atoms in total. The zero-order valence-corrected chi connectivity index (χ0v) is 9.94. The average Bonchev–Trinajstić information content (AvgIpc) is 2.64. The lowest BCUT2D eigenvalue weighted by atomic mass is 10.1. The molecule has 1 N–H and O–H groups in total. The Morgan fingerprint density at radius 1 is 1.38 bits per heavy atom. The lowest BCUT2D eigenvalue weighted by Crippen LogP contribution is -2.03. The first-order valence-corrected chi connectivity index (χ1v) is 5.46. The highest BCUT2D eigenvalue weighted by atomic mass is 35.5. The van der Waals surface area contributed by atoms with Gasteiger partial charge in [0.25, 0.3) is 0 Å². The summed E-state index contributed by atoms with van der Waals surface area (Å²) in [6, 6.07) is 7.30. The molecule has 0 aliphatic rings. The van der Waals surface area contributed by atoms with Crippen LogP contribution in [0.1, 0.15) is 24.3 Å². The van der Waals surface area contributed by atoms with Gasteiger partial charge in [-0.2, -0.15) is 5.10 Å². The van der Waals surface area contributed by atoms with Crippen molar-refractivity contribution in [1.82, 2.24) is 9.78 Å². The van der Waals surface area contributed by atoms with Gasteiger partial charge in [-0.1, -0.05) is 17.7 Å². The van der Waals surface area contributed by atoms with E-state index < -0.39 is 6.10 Å². The first kappa shape index (κ1) is 11.2. The van der Waals surface area contributed by atoms with Gasteiger partial charge in [0.05, 0.1) is 17.5 Å². The summed E-state index contributed by atoms with van der Waals surface area (Å²) in [5.74, 6) is 0. The topological polar surface area (TPSA) is 38.0 Å². The summed E-state index contributed by atoms with van der Waals surface area (Å²) in [5, 5.41) is 14.6. The molecule has 0 amide bonds. The number of hydrogen-bond donors (Lipinski definition) is 1. The quantitative estimate of drug-likeness (QED) is 0.871. The predicted octanol–water partition coefficient (Wildman–Crippen LogP) is 2.89. The second-order valence-electron chi connectivity index (χ2n) is 3.78. The van der Waals surface area contributed by atoms with E-state index in [1.54, 1.807) is 23.7 Å². The van der Waals surface area contributed by atoms with Gasteiger partial charge in [0.1, 0.15) is 0 Å². The summed E-state index contributed by atoms with van der Waals surface area (Å²) < 4.78 is 1.73. The van der Waals surface area contributed by atoms with Crippen LogP contribution in [0.2, 0.25) is 5.02 Å². The molecule has 16 heavy (non-hydrogen) atoms. The van der Waals surface area contributed by atoms with E-state index in [4.69, 9.17) is 11.6 Å². The van der Waals surface area contributed by atoms with E-state index >= 15 is 0 Å². The molecular formula is C12H13ClN2O. The molecule has 0 aliphatic carbocycles. The highest BCUT2D eigenvalue weighted by molar-refractivity contribution is 6.30. The van der Waals surface area contributed by atoms with Gasteiger partial charge in [0.2, 0.25) is 0 Å². The Kier molecular flexibility index (Phi) is 2.99. The molecule has 2 aromatic rings. The molecular weight excluding hydrogens is 224 g/mol. The third kappa shape index (κ3) is 2.10. The Labute approximate surface area is 99.3 Å². The number of nitrogens with zero attached hydrogens (tertiary/aromatic N) is 2. The first-order valence-electron chi connectivity index (χ1n) is 5.08. The largest absolute Gasteiger partial charge is 0.389 e. The molecule has 84 valence electrons. The molecule has 1 atom stereocenters. The third-order valence-corrected chi connectivity index (χ3v) is 2.65. The summed E-state index contributed by atoms with van der Waals surface area (Å²) >= 11 is 5.96. The highest BCUT2D eigenvalue weighted by Gasteiger charge is 2.10. The van der Waals surface area contributed by atoms with Crippen molar-refractivity contribution in [2.75, 3.05) is 0 Å². The van der Waals surface area contributed by atoms with Crippen molar-refractivity contribution in [3.8, 4) is 5.69 Å². The van der Waals surface area contributed by atoms with Crippen molar-refractivity contribution < 1.29 is 5.11 Å². The van der Waals surface area contributed by atoms with E-state index in [0.29, 0.717) is 5.02 Å². The highest BCUT2D eigenvalue weighted by Crippen LogP contribution is 2.24. The van der Waals surface area contributed by atoms with Gasteiger partial charge in [-0.25, -0.2) is 4.68 Å². The van der Waals surface area contributed by atoms with Crippen molar-refractivity contribution in [3.63, 3.8) is 0 Å². The number of aliphatic hydroxyl groups excluding tert-OH is 1. The van der Waals surface area contributed by atoms with Crippen molar-refractivity contribution in [2.45, 2.75) is 20.0 Å². The number of rotatable bonds is 2. The number of hydrogen-bond acceptors (Lipinski definition) is 2. The van der Waals surface area contributed by atoms with Crippen LogP contribution in [0.3, 0.4) is 0 Å². The second-order valence-corrected chi connectivity index (χ2v) is 4.22. The minimum absolute atomic E-state index is 0.545. The summed E-state index contributed by atoms with van der Waals surface area (Å²) in [6.07, 6.45) is 1.31. The first-order chi connectivity index (χ1) is 7.58. The van der Waals surface area contributed by atoms with E-state index in [0.717, 1.165) is 16.9 Å². The molecule has 0 saturated heterocycles. The maximum atomic E-state index is 9.68. The molecule has 2 rings (SSSR count). The Balaban J connectivity index is 2.57. The van der Waals surface area contributed by atoms with Gasteiger partial charge in [0.15, 0.2) is 0 Å². The Hall–Kier alpha value is -1.32. The summed E-state index contributed by atoms with van der Waals surface area (Å²) in [6.45, 7) is 3.65. The van der Waals surface area contributed by atoms with Crippen LogP contribution in [-0.4, -0.2) is 14.9 Å². The van der Waals surface area contributed by atoms with Crippen LogP contribution in [0, 0.1) is 6.92 Å². The second kappa shape index (κ2) is 4.28. The monoisotopic (exact) mass is 236 g/mol. The Bertz CT molecular complexity index is 505. The van der Waals surface area contributed by atoms with Gasteiger partial charge < -0.3 is 5.11 Å². The summed E-state index contributed by atoms with van der Waals surface area (Å²) in [7, 11) is 0. The number of aliphatic hydroxyl groups is 1. The van der Waals surface area contributed by atoms with Gasteiger partial charge in [-0.3, -0.25) is 0 Å². The molecule has 0 spiro atoms. The van der Waals surface area contributed by atoms with E-state index in [2.05, 4.69) is 5.10 Å². The van der Waals surface area contributed by atoms with E-state index in [-0.39, 0.29) is 0 Å². The van der Waals surface area contributed by atoms with Crippen LogP contribution < -0.4 is 0 Å². The molecule has 1 aromatic carbocycles. The normalized spacial score (nSPS) is 12.8. The number of benzene rings is 1. The van der Waals surface area contributed by atoms with Crippen molar-refractivity contribution in [1.29, 1.82) is 0 Å². The summed E-state index contributed by atoms with van der Waals surface area (Å²) in [5.41, 5.74) is 2.56. The number of halogens is 1. The SMILES string of the molecule is Cc1ccn(-c2cc(Cl)ccc2[C@H](C)O)n1. The number of aryl methyl sites for hydroxylation is 1. The fraction of sp³-hybridized carbons (Fsp3) is 0.250. The van der Waals surface area contributed by atoms with E-state index in [9.17, 15) is 5.11 Å². The van der Waals surface area contributed by atoms with Crippen LogP contribution in [0.4, 0.5) is 0 Å². The van der Waals surface area contributed by atoms with Crippen LogP contribution >= 0.6 is 11.6 Å². The van der Waals surface area contributed by atoms with Crippen molar-refractivity contribution >= 4 is 11.6 Å². The average molecular weight is 237 g/mol. The smallest absolute Gasteiger partial charge is 0.0782 e. The van der Waals surface area contributed by atoms with E-state index in [1.165, 1.54) is 0 Å². The van der Waals surface area contributed by atoms with Gasteiger partial charge >= 0.3 is 0 Å². The molecule has 0 aliphatic heterocycles.